The highest BCUT2D eigenvalue weighted by molar-refractivity contribution is 5.83. The number of nitrogens with zero attached hydrogens (tertiary/aromatic N) is 4. The molecule has 1 aromatic heterocycles. The number of benzene rings is 1. The van der Waals surface area contributed by atoms with E-state index in [1.807, 2.05) is 6.07 Å². The van der Waals surface area contributed by atoms with Crippen LogP contribution in [0, 0.1) is 17.0 Å². The number of imidazole rings is 1. The number of carbonyl (C=O) groups is 2. The molecule has 1 atom stereocenters. The summed E-state index contributed by atoms with van der Waals surface area (Å²) in [6, 6.07) is 7.97. The van der Waals surface area contributed by atoms with E-state index in [0.29, 0.717) is 5.82 Å². The Morgan fingerprint density at radius 3 is 2.52 bits per heavy atom. The van der Waals surface area contributed by atoms with E-state index in [0.717, 1.165) is 5.56 Å². The molecule has 1 heterocycles. The van der Waals surface area contributed by atoms with E-state index in [4.69, 9.17) is 0 Å². The summed E-state index contributed by atoms with van der Waals surface area (Å²) < 4.78 is 1.34. The highest BCUT2D eigenvalue weighted by Crippen LogP contribution is 2.14. The number of aromatic nitrogens is 2. The number of aliphatic carboxylic acids is 1. The molecular weight excluding hydrogens is 328 g/mol. The lowest BCUT2D eigenvalue weighted by Gasteiger charge is -2.27. The van der Waals surface area contributed by atoms with Crippen LogP contribution in [-0.2, 0) is 22.7 Å². The number of rotatable bonds is 7. The van der Waals surface area contributed by atoms with Crippen molar-refractivity contribution in [3.05, 3.63) is 58.0 Å². The second-order valence-corrected chi connectivity index (χ2v) is 5.55. The van der Waals surface area contributed by atoms with Crippen LogP contribution in [0.2, 0.25) is 0 Å². The number of amides is 1. The molecule has 1 unspecified atom stereocenters. The molecule has 0 aliphatic heterocycles. The highest BCUT2D eigenvalue weighted by Gasteiger charge is 2.27. The van der Waals surface area contributed by atoms with Crippen LogP contribution in [0.1, 0.15) is 18.3 Å². The fourth-order valence-corrected chi connectivity index (χ4v) is 2.33. The average molecular weight is 346 g/mol. The summed E-state index contributed by atoms with van der Waals surface area (Å²) in [7, 11) is 0. The van der Waals surface area contributed by atoms with E-state index in [1.165, 1.54) is 22.6 Å². The second-order valence-electron chi connectivity index (χ2n) is 5.55. The zero-order valence-electron chi connectivity index (χ0n) is 13.8. The minimum atomic E-state index is -1.13. The quantitative estimate of drug-likeness (QED) is 0.601. The van der Waals surface area contributed by atoms with Gasteiger partial charge in [-0.25, -0.2) is 4.79 Å². The van der Waals surface area contributed by atoms with Crippen molar-refractivity contribution in [1.29, 1.82) is 0 Å². The van der Waals surface area contributed by atoms with Crippen molar-refractivity contribution in [2.24, 2.45) is 0 Å². The molecule has 0 aliphatic rings. The van der Waals surface area contributed by atoms with Gasteiger partial charge in [0.05, 0.1) is 0 Å². The van der Waals surface area contributed by atoms with Crippen molar-refractivity contribution >= 4 is 17.7 Å². The van der Waals surface area contributed by atoms with Crippen molar-refractivity contribution < 1.29 is 19.6 Å². The first kappa shape index (κ1) is 18.1. The minimum absolute atomic E-state index is 0.128. The van der Waals surface area contributed by atoms with Crippen molar-refractivity contribution in [2.45, 2.75) is 33.0 Å². The van der Waals surface area contributed by atoms with Crippen LogP contribution in [-0.4, -0.2) is 42.4 Å². The van der Waals surface area contributed by atoms with Crippen LogP contribution in [0.25, 0.3) is 0 Å². The molecule has 1 N–H and O–H groups in total. The molecule has 0 fully saturated rings. The maximum Gasteiger partial charge on any atom is 0.381 e. The van der Waals surface area contributed by atoms with E-state index < -0.39 is 22.8 Å². The Labute approximate surface area is 143 Å². The van der Waals surface area contributed by atoms with Crippen molar-refractivity contribution in [3.8, 4) is 0 Å². The molecule has 9 nitrogen and oxygen atoms in total. The molecule has 0 spiro atoms. The van der Waals surface area contributed by atoms with E-state index in [-0.39, 0.29) is 18.9 Å². The third kappa shape index (κ3) is 4.40. The summed E-state index contributed by atoms with van der Waals surface area (Å²) in [5.41, 5.74) is 0.789. The van der Waals surface area contributed by atoms with Gasteiger partial charge in [0.15, 0.2) is 0 Å². The number of carboxylic acid groups (broad SMARTS) is 1. The van der Waals surface area contributed by atoms with E-state index in [9.17, 15) is 24.8 Å². The summed E-state index contributed by atoms with van der Waals surface area (Å²) in [6.07, 6.45) is 1.17. The lowest BCUT2D eigenvalue weighted by molar-refractivity contribution is -0.389. The number of hydrogen-bond donors (Lipinski definition) is 1. The van der Waals surface area contributed by atoms with Gasteiger partial charge < -0.3 is 20.1 Å². The number of nitro groups is 1. The van der Waals surface area contributed by atoms with Gasteiger partial charge in [0, 0.05) is 13.5 Å². The van der Waals surface area contributed by atoms with Gasteiger partial charge in [-0.2, -0.15) is 0 Å². The summed E-state index contributed by atoms with van der Waals surface area (Å²) in [6.45, 7) is 2.87. The summed E-state index contributed by atoms with van der Waals surface area (Å²) in [5.74, 6) is -1.64. The Bertz CT molecular complexity index is 787. The van der Waals surface area contributed by atoms with Gasteiger partial charge >= 0.3 is 11.8 Å². The van der Waals surface area contributed by atoms with Crippen LogP contribution < -0.4 is 0 Å². The summed E-state index contributed by atoms with van der Waals surface area (Å²) in [5, 5.41) is 20.1. The number of hydrogen-bond acceptors (Lipinski definition) is 5. The molecular formula is C16H18N4O5. The fourth-order valence-electron chi connectivity index (χ4n) is 2.33. The van der Waals surface area contributed by atoms with Gasteiger partial charge in [-0.3, -0.25) is 9.36 Å². The van der Waals surface area contributed by atoms with Crippen molar-refractivity contribution in [2.75, 3.05) is 0 Å². The fraction of sp³-hybridized carbons (Fsp3) is 0.312. The van der Waals surface area contributed by atoms with Gasteiger partial charge in [0.2, 0.25) is 11.7 Å². The molecule has 2 rings (SSSR count). The van der Waals surface area contributed by atoms with Crippen LogP contribution in [0.5, 0.6) is 0 Å². The Morgan fingerprint density at radius 1 is 1.36 bits per heavy atom. The predicted octanol–water partition coefficient (Wildman–Crippen LogP) is 1.60. The molecule has 132 valence electrons. The van der Waals surface area contributed by atoms with E-state index in [1.54, 1.807) is 31.2 Å². The molecule has 0 saturated carbocycles. The van der Waals surface area contributed by atoms with Gasteiger partial charge in [-0.15, -0.1) is 0 Å². The zero-order valence-corrected chi connectivity index (χ0v) is 13.8. The van der Waals surface area contributed by atoms with Crippen molar-refractivity contribution in [3.63, 3.8) is 0 Å². The first-order valence-corrected chi connectivity index (χ1v) is 7.54. The molecule has 1 aromatic carbocycles. The number of carboxylic acids is 1. The molecule has 25 heavy (non-hydrogen) atoms. The van der Waals surface area contributed by atoms with E-state index in [2.05, 4.69) is 4.98 Å². The molecule has 1 amide bonds. The predicted molar refractivity (Wildman–Crippen MR) is 87.7 cm³/mol. The Kier molecular flexibility index (Phi) is 5.48. The van der Waals surface area contributed by atoms with Crippen molar-refractivity contribution in [1.82, 2.24) is 14.5 Å². The topological polar surface area (TPSA) is 119 Å². The van der Waals surface area contributed by atoms with Crippen LogP contribution in [0.4, 0.5) is 5.82 Å². The molecule has 2 aromatic rings. The molecule has 0 saturated heterocycles. The average Bonchev–Trinajstić information content (AvgIpc) is 2.94. The third-order valence-corrected chi connectivity index (χ3v) is 3.80. The van der Waals surface area contributed by atoms with Gasteiger partial charge in [-0.1, -0.05) is 30.3 Å². The van der Waals surface area contributed by atoms with Gasteiger partial charge in [-0.05, 0) is 22.4 Å². The maximum absolute atomic E-state index is 12.6. The summed E-state index contributed by atoms with van der Waals surface area (Å²) in [4.78, 5) is 39.1. The van der Waals surface area contributed by atoms with Gasteiger partial charge in [0.1, 0.15) is 18.8 Å². The summed E-state index contributed by atoms with van der Waals surface area (Å²) >= 11 is 0. The maximum atomic E-state index is 12.6. The normalized spacial score (nSPS) is 11.8. The van der Waals surface area contributed by atoms with Gasteiger partial charge in [0.25, 0.3) is 0 Å². The third-order valence-electron chi connectivity index (χ3n) is 3.80. The smallest absolute Gasteiger partial charge is 0.381 e. The SMILES string of the molecule is Cc1nc([N+](=O)[O-])cn1CC(=O)N(Cc1ccccc1)C(C)C(=O)O. The molecule has 0 aliphatic carbocycles. The second kappa shape index (κ2) is 7.56. The van der Waals surface area contributed by atoms with Crippen LogP contribution >= 0.6 is 0 Å². The number of carbonyl (C=O) groups excluding carboxylic acids is 1. The first-order valence-electron chi connectivity index (χ1n) is 7.54. The molecule has 0 bridgehead atoms. The largest absolute Gasteiger partial charge is 0.480 e. The Hall–Kier alpha value is -3.23. The van der Waals surface area contributed by atoms with Crippen LogP contribution in [0.3, 0.4) is 0 Å². The minimum Gasteiger partial charge on any atom is -0.480 e. The highest BCUT2D eigenvalue weighted by atomic mass is 16.6. The number of aryl methyl sites for hydroxylation is 1. The van der Waals surface area contributed by atoms with E-state index >= 15 is 0 Å². The zero-order chi connectivity index (χ0) is 18.6. The first-order chi connectivity index (χ1) is 11.8. The molecule has 0 radical (unpaired) electrons. The lowest BCUT2D eigenvalue weighted by Crippen LogP contribution is -2.44. The lowest BCUT2D eigenvalue weighted by atomic mass is 10.1. The van der Waals surface area contributed by atoms with Crippen LogP contribution in [0.15, 0.2) is 36.5 Å². The standard InChI is InChI=1S/C16H18N4O5/c1-11(16(22)23)19(8-13-6-4-3-5-7-13)15(21)10-18-9-14(20(24)25)17-12(18)2/h3-7,9,11H,8,10H2,1-2H3,(H,22,23). The Morgan fingerprint density at radius 2 is 2.00 bits per heavy atom. The monoisotopic (exact) mass is 346 g/mol. The Balaban J connectivity index is 2.23. The molecule has 9 heteroatoms.